The summed E-state index contributed by atoms with van der Waals surface area (Å²) in [5.41, 5.74) is 6.61. The Kier molecular flexibility index (Phi) is 3.43. The number of benzene rings is 1. The van der Waals surface area contributed by atoms with Gasteiger partial charge in [-0.15, -0.1) is 0 Å². The minimum Gasteiger partial charge on any atom is -0.508 e. The van der Waals surface area contributed by atoms with Crippen LogP contribution in [0.15, 0.2) is 35.1 Å². The van der Waals surface area contributed by atoms with Gasteiger partial charge in [0.2, 0.25) is 0 Å². The zero-order chi connectivity index (χ0) is 12.3. The molecular weight excluding hydrogens is 284 g/mol. The second-order valence-electron chi connectivity index (χ2n) is 3.45. The highest BCUT2D eigenvalue weighted by Gasteiger charge is 2.03. The molecule has 88 valence electrons. The smallest absolute Gasteiger partial charge is 0.170 e. The minimum atomic E-state index is 0.234. The van der Waals surface area contributed by atoms with E-state index in [-0.39, 0.29) is 5.75 Å². The number of nitrogens with two attached hydrogens (primary N) is 1. The van der Waals surface area contributed by atoms with Crippen LogP contribution in [0, 0.1) is 0 Å². The Labute approximate surface area is 107 Å². The lowest BCUT2D eigenvalue weighted by Crippen LogP contribution is -2.06. The quantitative estimate of drug-likeness (QED) is 0.808. The van der Waals surface area contributed by atoms with Gasteiger partial charge in [0.1, 0.15) is 10.4 Å². The predicted molar refractivity (Wildman–Crippen MR) is 69.6 cm³/mol. The van der Waals surface area contributed by atoms with Crippen LogP contribution in [0.5, 0.6) is 5.75 Å². The molecule has 0 amide bonds. The van der Waals surface area contributed by atoms with Gasteiger partial charge in [-0.2, -0.15) is 0 Å². The van der Waals surface area contributed by atoms with E-state index >= 15 is 0 Å². The van der Waals surface area contributed by atoms with Crippen LogP contribution in [-0.4, -0.2) is 15.1 Å². The fourth-order valence-electron chi connectivity index (χ4n) is 1.36. The van der Waals surface area contributed by atoms with Crippen molar-refractivity contribution in [2.45, 2.75) is 6.54 Å². The van der Waals surface area contributed by atoms with Gasteiger partial charge in [0.25, 0.3) is 0 Å². The number of rotatable bonds is 3. The summed E-state index contributed by atoms with van der Waals surface area (Å²) in [7, 11) is 0. The van der Waals surface area contributed by atoms with Gasteiger partial charge in [0, 0.05) is 6.54 Å². The Morgan fingerprint density at radius 1 is 1.41 bits per heavy atom. The first-order valence-electron chi connectivity index (χ1n) is 4.95. The molecule has 1 aromatic carbocycles. The lowest BCUT2D eigenvalue weighted by Gasteiger charge is -2.08. The van der Waals surface area contributed by atoms with E-state index in [1.807, 2.05) is 6.07 Å². The van der Waals surface area contributed by atoms with Crippen molar-refractivity contribution in [1.82, 2.24) is 9.97 Å². The number of nitrogen functional groups attached to an aromatic ring is 1. The normalized spacial score (nSPS) is 10.2. The van der Waals surface area contributed by atoms with Crippen LogP contribution < -0.4 is 11.1 Å². The van der Waals surface area contributed by atoms with Crippen molar-refractivity contribution < 1.29 is 5.11 Å². The number of aromatic hydroxyl groups is 1. The number of phenolic OH excluding ortho intramolecular Hbond substituents is 1. The number of halogens is 1. The van der Waals surface area contributed by atoms with E-state index in [1.165, 1.54) is 6.20 Å². The highest BCUT2D eigenvalue weighted by atomic mass is 79.9. The fraction of sp³-hybridized carbons (Fsp3) is 0.0909. The van der Waals surface area contributed by atoms with Crippen LogP contribution in [0.1, 0.15) is 5.56 Å². The first-order chi connectivity index (χ1) is 8.15. The van der Waals surface area contributed by atoms with Gasteiger partial charge in [-0.25, -0.2) is 9.97 Å². The van der Waals surface area contributed by atoms with Crippen molar-refractivity contribution in [2.24, 2.45) is 0 Å². The van der Waals surface area contributed by atoms with Crippen LogP contribution >= 0.6 is 15.9 Å². The summed E-state index contributed by atoms with van der Waals surface area (Å²) in [6.07, 6.45) is 1.54. The first-order valence-corrected chi connectivity index (χ1v) is 5.74. The van der Waals surface area contributed by atoms with Gasteiger partial charge in [-0.05, 0) is 33.6 Å². The maximum absolute atomic E-state index is 9.32. The molecule has 0 spiro atoms. The standard InChI is InChI=1S/C11H11BrN4O/c12-9-6-14-10(13)11(16-9)15-5-7-2-1-3-8(17)4-7/h1-4,6,17H,5H2,(H2,13,14)(H,15,16). The zero-order valence-corrected chi connectivity index (χ0v) is 10.5. The number of nitrogens with zero attached hydrogens (tertiary/aromatic N) is 2. The molecule has 2 aromatic rings. The van der Waals surface area contributed by atoms with E-state index in [2.05, 4.69) is 31.2 Å². The van der Waals surface area contributed by atoms with Crippen molar-refractivity contribution in [1.29, 1.82) is 0 Å². The monoisotopic (exact) mass is 294 g/mol. The Bertz CT molecular complexity index is 533. The summed E-state index contributed by atoms with van der Waals surface area (Å²) in [5, 5.41) is 12.4. The summed E-state index contributed by atoms with van der Waals surface area (Å²) in [6, 6.07) is 6.97. The van der Waals surface area contributed by atoms with Gasteiger partial charge >= 0.3 is 0 Å². The number of phenols is 1. The van der Waals surface area contributed by atoms with Crippen molar-refractivity contribution >= 4 is 27.6 Å². The Hall–Kier alpha value is -1.82. The SMILES string of the molecule is Nc1ncc(Br)nc1NCc1cccc(O)c1. The Morgan fingerprint density at radius 3 is 3.00 bits per heavy atom. The molecule has 2 rings (SSSR count). The van der Waals surface area contributed by atoms with Gasteiger partial charge in [0.05, 0.1) is 6.20 Å². The van der Waals surface area contributed by atoms with Crippen molar-refractivity contribution in [3.63, 3.8) is 0 Å². The number of hydrogen-bond acceptors (Lipinski definition) is 5. The largest absolute Gasteiger partial charge is 0.508 e. The second kappa shape index (κ2) is 5.01. The third-order valence-electron chi connectivity index (χ3n) is 2.14. The molecule has 0 saturated heterocycles. The number of anilines is 2. The predicted octanol–water partition coefficient (Wildman–Crippen LogP) is 2.14. The third-order valence-corrected chi connectivity index (χ3v) is 2.52. The Morgan fingerprint density at radius 2 is 2.24 bits per heavy atom. The maximum atomic E-state index is 9.32. The number of hydrogen-bond donors (Lipinski definition) is 3. The Balaban J connectivity index is 2.09. The van der Waals surface area contributed by atoms with E-state index in [1.54, 1.807) is 18.2 Å². The molecule has 5 nitrogen and oxygen atoms in total. The highest BCUT2D eigenvalue weighted by Crippen LogP contribution is 2.17. The van der Waals surface area contributed by atoms with E-state index in [0.29, 0.717) is 22.8 Å². The van der Waals surface area contributed by atoms with E-state index in [4.69, 9.17) is 5.73 Å². The zero-order valence-electron chi connectivity index (χ0n) is 8.89. The molecule has 4 N–H and O–H groups in total. The molecule has 0 saturated carbocycles. The van der Waals surface area contributed by atoms with Gasteiger partial charge < -0.3 is 16.2 Å². The van der Waals surface area contributed by atoms with Crippen molar-refractivity contribution in [3.05, 3.63) is 40.6 Å². The van der Waals surface area contributed by atoms with Crippen LogP contribution in [0.3, 0.4) is 0 Å². The van der Waals surface area contributed by atoms with Gasteiger partial charge in [-0.3, -0.25) is 0 Å². The molecule has 0 aliphatic carbocycles. The summed E-state index contributed by atoms with van der Waals surface area (Å²) < 4.78 is 0.616. The molecule has 0 bridgehead atoms. The molecule has 6 heteroatoms. The molecule has 0 atom stereocenters. The summed E-state index contributed by atoms with van der Waals surface area (Å²) in [5.74, 6) is 1.09. The van der Waals surface area contributed by atoms with Gasteiger partial charge in [0.15, 0.2) is 11.6 Å². The minimum absolute atomic E-state index is 0.234. The average Bonchev–Trinajstić information content (AvgIpc) is 2.30. The molecule has 0 unspecified atom stereocenters. The fourth-order valence-corrected chi connectivity index (χ4v) is 1.64. The molecule has 0 fully saturated rings. The van der Waals surface area contributed by atoms with E-state index < -0.39 is 0 Å². The number of nitrogens with one attached hydrogen (secondary N) is 1. The molecule has 17 heavy (non-hydrogen) atoms. The molecular formula is C11H11BrN4O. The average molecular weight is 295 g/mol. The molecule has 1 aromatic heterocycles. The van der Waals surface area contributed by atoms with E-state index in [0.717, 1.165) is 5.56 Å². The molecule has 0 aliphatic heterocycles. The lowest BCUT2D eigenvalue weighted by molar-refractivity contribution is 0.474. The van der Waals surface area contributed by atoms with Crippen LogP contribution in [0.2, 0.25) is 0 Å². The van der Waals surface area contributed by atoms with Crippen molar-refractivity contribution in [3.8, 4) is 5.75 Å². The van der Waals surface area contributed by atoms with Gasteiger partial charge in [-0.1, -0.05) is 12.1 Å². The lowest BCUT2D eigenvalue weighted by atomic mass is 10.2. The van der Waals surface area contributed by atoms with E-state index in [9.17, 15) is 5.11 Å². The van der Waals surface area contributed by atoms with Crippen molar-refractivity contribution in [2.75, 3.05) is 11.1 Å². The van der Waals surface area contributed by atoms with Crippen LogP contribution in [0.4, 0.5) is 11.6 Å². The summed E-state index contributed by atoms with van der Waals surface area (Å²) >= 11 is 3.22. The highest BCUT2D eigenvalue weighted by molar-refractivity contribution is 9.10. The second-order valence-corrected chi connectivity index (χ2v) is 4.26. The topological polar surface area (TPSA) is 84.1 Å². The third kappa shape index (κ3) is 3.07. The summed E-state index contributed by atoms with van der Waals surface area (Å²) in [4.78, 5) is 8.13. The first kappa shape index (κ1) is 11.7. The van der Waals surface area contributed by atoms with Crippen LogP contribution in [-0.2, 0) is 6.54 Å². The molecule has 0 radical (unpaired) electrons. The molecule has 0 aliphatic rings. The number of aromatic nitrogens is 2. The maximum Gasteiger partial charge on any atom is 0.170 e. The van der Waals surface area contributed by atoms with Crippen LogP contribution in [0.25, 0.3) is 0 Å². The molecule has 1 heterocycles. The summed E-state index contributed by atoms with van der Waals surface area (Å²) in [6.45, 7) is 0.518.